The minimum absolute atomic E-state index is 0.185. The van der Waals surface area contributed by atoms with Crippen molar-refractivity contribution in [1.29, 1.82) is 0 Å². The summed E-state index contributed by atoms with van der Waals surface area (Å²) in [4.78, 5) is 0. The molecule has 1 heterocycles. The molecule has 1 aromatic carbocycles. The molecule has 0 spiro atoms. The van der Waals surface area contributed by atoms with Crippen molar-refractivity contribution in [3.63, 3.8) is 0 Å². The van der Waals surface area contributed by atoms with Crippen LogP contribution >= 0.6 is 11.6 Å². The van der Waals surface area contributed by atoms with E-state index >= 15 is 0 Å². The molecule has 20 heavy (non-hydrogen) atoms. The van der Waals surface area contributed by atoms with Gasteiger partial charge in [0.2, 0.25) is 0 Å². The Kier molecular flexibility index (Phi) is 4.01. The lowest BCUT2D eigenvalue weighted by Crippen LogP contribution is -2.43. The van der Waals surface area contributed by atoms with Crippen LogP contribution in [0.25, 0.3) is 0 Å². The van der Waals surface area contributed by atoms with Crippen LogP contribution in [0.4, 0.5) is 0 Å². The van der Waals surface area contributed by atoms with Crippen molar-refractivity contribution in [1.82, 2.24) is 0 Å². The Morgan fingerprint density at radius 2 is 1.50 bits per heavy atom. The molecular formula is C16H24BClO2. The number of hydrogen-bond acceptors (Lipinski definition) is 2. The highest BCUT2D eigenvalue weighted by Crippen LogP contribution is 2.44. The summed E-state index contributed by atoms with van der Waals surface area (Å²) in [6, 6.07) is 7.99. The molecule has 1 atom stereocenters. The van der Waals surface area contributed by atoms with Crippen LogP contribution in [0.3, 0.4) is 0 Å². The van der Waals surface area contributed by atoms with Gasteiger partial charge in [0.1, 0.15) is 0 Å². The molecule has 0 saturated carbocycles. The van der Waals surface area contributed by atoms with Crippen LogP contribution in [0.15, 0.2) is 24.3 Å². The second-order valence-corrected chi connectivity index (χ2v) is 7.30. The van der Waals surface area contributed by atoms with Gasteiger partial charge in [0.05, 0.1) is 11.2 Å². The lowest BCUT2D eigenvalue weighted by Gasteiger charge is -2.32. The third kappa shape index (κ3) is 2.52. The Balaban J connectivity index is 2.35. The zero-order chi connectivity index (χ0) is 15.2. The van der Waals surface area contributed by atoms with E-state index in [-0.39, 0.29) is 23.6 Å². The number of hydrogen-bond donors (Lipinski definition) is 0. The summed E-state index contributed by atoms with van der Waals surface area (Å²) in [5.74, 6) is 0. The fraction of sp³-hybridized carbons (Fsp3) is 0.625. The van der Waals surface area contributed by atoms with Gasteiger partial charge in [0.25, 0.3) is 0 Å². The highest BCUT2D eigenvalue weighted by Gasteiger charge is 2.57. The maximum absolute atomic E-state index is 6.25. The first-order valence-electron chi connectivity index (χ1n) is 7.24. The van der Waals surface area contributed by atoms with E-state index in [1.54, 1.807) is 0 Å². The van der Waals surface area contributed by atoms with Crippen LogP contribution in [0.5, 0.6) is 0 Å². The molecule has 110 valence electrons. The molecule has 1 saturated heterocycles. The summed E-state index contributed by atoms with van der Waals surface area (Å²) >= 11 is 5.99. The van der Waals surface area contributed by atoms with Crippen LogP contribution in [0.1, 0.15) is 53.5 Å². The molecule has 1 aliphatic heterocycles. The van der Waals surface area contributed by atoms with Crippen LogP contribution in [-0.2, 0) is 14.6 Å². The smallest absolute Gasteiger partial charge is 0.403 e. The SMILES string of the molecule is CC[C@](C)(B1OC(C)(C)C(C)(C)O1)c1ccc(Cl)cc1. The average Bonchev–Trinajstić information content (AvgIpc) is 2.59. The molecule has 2 nitrogen and oxygen atoms in total. The Labute approximate surface area is 127 Å². The third-order valence-electron chi connectivity index (χ3n) is 5.01. The Morgan fingerprint density at radius 3 is 1.90 bits per heavy atom. The van der Waals surface area contributed by atoms with Crippen molar-refractivity contribution in [3.8, 4) is 0 Å². The van der Waals surface area contributed by atoms with Crippen molar-refractivity contribution >= 4 is 18.7 Å². The van der Waals surface area contributed by atoms with E-state index in [9.17, 15) is 0 Å². The van der Waals surface area contributed by atoms with Gasteiger partial charge >= 0.3 is 7.12 Å². The second-order valence-electron chi connectivity index (χ2n) is 6.87. The summed E-state index contributed by atoms with van der Waals surface area (Å²) in [5.41, 5.74) is 0.587. The van der Waals surface area contributed by atoms with Crippen molar-refractivity contribution in [3.05, 3.63) is 34.9 Å². The van der Waals surface area contributed by atoms with E-state index in [0.717, 1.165) is 11.4 Å². The summed E-state index contributed by atoms with van der Waals surface area (Å²) in [7, 11) is -0.251. The van der Waals surface area contributed by atoms with Crippen molar-refractivity contribution in [2.75, 3.05) is 0 Å². The first kappa shape index (κ1) is 15.9. The van der Waals surface area contributed by atoms with E-state index in [4.69, 9.17) is 20.9 Å². The maximum atomic E-state index is 6.25. The molecule has 0 aliphatic carbocycles. The number of halogens is 1. The van der Waals surface area contributed by atoms with Gasteiger partial charge in [-0.3, -0.25) is 0 Å². The molecule has 1 aromatic rings. The zero-order valence-corrected chi connectivity index (χ0v) is 14.0. The molecule has 0 amide bonds. The summed E-state index contributed by atoms with van der Waals surface area (Å²) in [6.07, 6.45) is 0.936. The molecule has 0 radical (unpaired) electrons. The first-order valence-corrected chi connectivity index (χ1v) is 7.62. The van der Waals surface area contributed by atoms with E-state index in [2.05, 4.69) is 53.7 Å². The van der Waals surface area contributed by atoms with Crippen molar-refractivity contribution in [2.24, 2.45) is 0 Å². The monoisotopic (exact) mass is 294 g/mol. The molecule has 0 unspecified atom stereocenters. The molecule has 4 heteroatoms. The Bertz CT molecular complexity index is 468. The van der Waals surface area contributed by atoms with Crippen LogP contribution in [0.2, 0.25) is 5.02 Å². The predicted molar refractivity (Wildman–Crippen MR) is 85.2 cm³/mol. The van der Waals surface area contributed by atoms with Gasteiger partial charge in [-0.25, -0.2) is 0 Å². The minimum Gasteiger partial charge on any atom is -0.403 e. The highest BCUT2D eigenvalue weighted by molar-refractivity contribution is 6.49. The quantitative estimate of drug-likeness (QED) is 0.756. The van der Waals surface area contributed by atoms with E-state index in [1.807, 2.05) is 12.1 Å². The van der Waals surface area contributed by atoms with E-state index in [1.165, 1.54) is 5.56 Å². The predicted octanol–water partition coefficient (Wildman–Crippen LogP) is 4.64. The molecule has 0 bridgehead atoms. The maximum Gasteiger partial charge on any atom is 0.468 e. The highest BCUT2D eigenvalue weighted by atomic mass is 35.5. The van der Waals surface area contributed by atoms with Gasteiger partial charge in [-0.05, 0) is 51.8 Å². The first-order chi connectivity index (χ1) is 9.12. The lowest BCUT2D eigenvalue weighted by molar-refractivity contribution is 0.00578. The number of rotatable bonds is 3. The fourth-order valence-electron chi connectivity index (χ4n) is 2.44. The van der Waals surface area contributed by atoms with E-state index < -0.39 is 0 Å². The summed E-state index contributed by atoms with van der Waals surface area (Å²) in [6.45, 7) is 12.7. The molecule has 2 rings (SSSR count). The molecule has 0 N–H and O–H groups in total. The van der Waals surface area contributed by atoms with Gasteiger partial charge in [0.15, 0.2) is 0 Å². The fourth-order valence-corrected chi connectivity index (χ4v) is 2.57. The average molecular weight is 295 g/mol. The summed E-state index contributed by atoms with van der Waals surface area (Å²) < 4.78 is 12.5. The van der Waals surface area contributed by atoms with Crippen molar-refractivity contribution < 1.29 is 9.31 Å². The standard InChI is InChI=1S/C16H24BClO2/c1-7-16(6,12-8-10-13(18)11-9-12)17-19-14(2,3)15(4,5)20-17/h8-11H,7H2,1-6H3/t16-/m0/s1. The topological polar surface area (TPSA) is 18.5 Å². The molecule has 1 aliphatic rings. The van der Waals surface area contributed by atoms with Crippen LogP contribution < -0.4 is 0 Å². The van der Waals surface area contributed by atoms with Gasteiger partial charge < -0.3 is 9.31 Å². The summed E-state index contributed by atoms with van der Waals surface area (Å²) in [5, 5.41) is 0.566. The minimum atomic E-state index is -0.305. The van der Waals surface area contributed by atoms with Crippen LogP contribution in [0, 0.1) is 0 Å². The normalized spacial score (nSPS) is 23.6. The van der Waals surface area contributed by atoms with Crippen LogP contribution in [-0.4, -0.2) is 18.3 Å². The van der Waals surface area contributed by atoms with Gasteiger partial charge in [-0.1, -0.05) is 37.6 Å². The number of benzene rings is 1. The van der Waals surface area contributed by atoms with Gasteiger partial charge in [-0.2, -0.15) is 0 Å². The molecular weight excluding hydrogens is 270 g/mol. The van der Waals surface area contributed by atoms with Crippen molar-refractivity contribution in [2.45, 2.75) is 64.5 Å². The second kappa shape index (κ2) is 5.05. The third-order valence-corrected chi connectivity index (χ3v) is 5.26. The Hall–Kier alpha value is -0.505. The largest absolute Gasteiger partial charge is 0.468 e. The lowest BCUT2D eigenvalue weighted by atomic mass is 9.53. The molecule has 1 fully saturated rings. The zero-order valence-electron chi connectivity index (χ0n) is 13.3. The van der Waals surface area contributed by atoms with Gasteiger partial charge in [-0.15, -0.1) is 0 Å². The van der Waals surface area contributed by atoms with E-state index in [0.29, 0.717) is 0 Å². The molecule has 0 aromatic heterocycles. The van der Waals surface area contributed by atoms with Gasteiger partial charge in [0, 0.05) is 10.3 Å². The Morgan fingerprint density at radius 1 is 1.05 bits per heavy atom.